The van der Waals surface area contributed by atoms with Crippen LogP contribution in [0.2, 0.25) is 5.02 Å². The van der Waals surface area contributed by atoms with E-state index in [1.54, 1.807) is 7.11 Å². The molecule has 3 rings (SSSR count). The molecule has 4 nitrogen and oxygen atoms in total. The molecule has 2 atom stereocenters. The molecule has 5 heteroatoms. The SMILES string of the molecule is COc1ccc(C2=NNC(=O)C3CC=CCC23)cc1Cl. The molecule has 1 heterocycles. The molecule has 0 spiro atoms. The summed E-state index contributed by atoms with van der Waals surface area (Å²) in [6.07, 6.45) is 5.77. The lowest BCUT2D eigenvalue weighted by atomic mass is 9.77. The minimum atomic E-state index is -0.0339. The fraction of sp³-hybridized carbons (Fsp3) is 0.333. The summed E-state index contributed by atoms with van der Waals surface area (Å²) in [5.74, 6) is 0.727. The highest BCUT2D eigenvalue weighted by Gasteiger charge is 2.36. The summed E-state index contributed by atoms with van der Waals surface area (Å²) in [6.45, 7) is 0. The third-order valence-corrected chi connectivity index (χ3v) is 4.15. The van der Waals surface area contributed by atoms with E-state index >= 15 is 0 Å². The van der Waals surface area contributed by atoms with Gasteiger partial charge in [-0.25, -0.2) is 5.43 Å². The van der Waals surface area contributed by atoms with Crippen molar-refractivity contribution in [2.45, 2.75) is 12.8 Å². The van der Waals surface area contributed by atoms with Crippen LogP contribution in [0, 0.1) is 11.8 Å². The van der Waals surface area contributed by atoms with E-state index in [4.69, 9.17) is 16.3 Å². The Morgan fingerprint density at radius 1 is 1.30 bits per heavy atom. The lowest BCUT2D eigenvalue weighted by Gasteiger charge is -2.31. The van der Waals surface area contributed by atoms with Crippen LogP contribution in [0.25, 0.3) is 0 Å². The molecular formula is C15H15ClN2O2. The van der Waals surface area contributed by atoms with Crippen molar-refractivity contribution in [1.29, 1.82) is 0 Å². The van der Waals surface area contributed by atoms with Crippen LogP contribution in [0.3, 0.4) is 0 Å². The van der Waals surface area contributed by atoms with E-state index in [1.165, 1.54) is 0 Å². The third-order valence-electron chi connectivity index (χ3n) is 3.85. The number of hydrogen-bond acceptors (Lipinski definition) is 3. The van der Waals surface area contributed by atoms with E-state index in [0.29, 0.717) is 10.8 Å². The van der Waals surface area contributed by atoms with Crippen molar-refractivity contribution in [3.8, 4) is 5.75 Å². The molecule has 104 valence electrons. The zero-order chi connectivity index (χ0) is 14.1. The first-order valence-corrected chi connectivity index (χ1v) is 6.95. The Morgan fingerprint density at radius 3 is 2.75 bits per heavy atom. The van der Waals surface area contributed by atoms with Gasteiger partial charge in [-0.3, -0.25) is 4.79 Å². The molecule has 2 aliphatic rings. The van der Waals surface area contributed by atoms with E-state index in [0.717, 1.165) is 24.1 Å². The Kier molecular flexibility index (Phi) is 3.49. The number of allylic oxidation sites excluding steroid dienone is 2. The number of halogens is 1. The predicted molar refractivity (Wildman–Crippen MR) is 78.0 cm³/mol. The molecule has 20 heavy (non-hydrogen) atoms. The Hall–Kier alpha value is -1.81. The summed E-state index contributed by atoms with van der Waals surface area (Å²) in [6, 6.07) is 5.59. The maximum atomic E-state index is 11.9. The molecule has 0 aromatic heterocycles. The average molecular weight is 291 g/mol. The largest absolute Gasteiger partial charge is 0.495 e. The highest BCUT2D eigenvalue weighted by atomic mass is 35.5. The highest BCUT2D eigenvalue weighted by Crippen LogP contribution is 2.33. The van der Waals surface area contributed by atoms with Crippen molar-refractivity contribution >= 4 is 23.2 Å². The Bertz CT molecular complexity index is 610. The molecule has 0 bridgehead atoms. The van der Waals surface area contributed by atoms with Crippen molar-refractivity contribution in [3.63, 3.8) is 0 Å². The number of fused-ring (bicyclic) bond motifs is 1. The smallest absolute Gasteiger partial charge is 0.244 e. The fourth-order valence-corrected chi connectivity index (χ4v) is 3.05. The summed E-state index contributed by atoms with van der Waals surface area (Å²) < 4.78 is 5.16. The van der Waals surface area contributed by atoms with E-state index in [2.05, 4.69) is 22.7 Å². The summed E-state index contributed by atoms with van der Waals surface area (Å²) >= 11 is 6.17. The van der Waals surface area contributed by atoms with Gasteiger partial charge in [-0.1, -0.05) is 23.8 Å². The number of hydrazone groups is 1. The van der Waals surface area contributed by atoms with Gasteiger partial charge in [-0.15, -0.1) is 0 Å². The van der Waals surface area contributed by atoms with Crippen LogP contribution in [-0.2, 0) is 4.79 Å². The van der Waals surface area contributed by atoms with Crippen molar-refractivity contribution in [2.24, 2.45) is 16.9 Å². The molecule has 2 unspecified atom stereocenters. The van der Waals surface area contributed by atoms with Crippen molar-refractivity contribution < 1.29 is 9.53 Å². The van der Waals surface area contributed by atoms with Gasteiger partial charge in [0.1, 0.15) is 5.75 Å². The number of amides is 1. The molecule has 0 fully saturated rings. The monoisotopic (exact) mass is 290 g/mol. The summed E-state index contributed by atoms with van der Waals surface area (Å²) in [7, 11) is 1.58. The summed E-state index contributed by atoms with van der Waals surface area (Å²) in [5, 5.41) is 4.79. The maximum absolute atomic E-state index is 11.9. The van der Waals surface area contributed by atoms with Gasteiger partial charge in [0.15, 0.2) is 0 Å². The maximum Gasteiger partial charge on any atom is 0.244 e. The molecular weight excluding hydrogens is 276 g/mol. The molecule has 1 aromatic rings. The zero-order valence-corrected chi connectivity index (χ0v) is 11.9. The van der Waals surface area contributed by atoms with E-state index < -0.39 is 0 Å². The molecule has 1 aliphatic carbocycles. The van der Waals surface area contributed by atoms with E-state index in [1.807, 2.05) is 18.2 Å². The topological polar surface area (TPSA) is 50.7 Å². The van der Waals surface area contributed by atoms with Crippen LogP contribution in [-0.4, -0.2) is 18.7 Å². The Balaban J connectivity index is 1.98. The summed E-state index contributed by atoms with van der Waals surface area (Å²) in [5.41, 5.74) is 4.44. The lowest BCUT2D eigenvalue weighted by molar-refractivity contribution is -0.126. The second kappa shape index (κ2) is 5.29. The minimum Gasteiger partial charge on any atom is -0.495 e. The first-order chi connectivity index (χ1) is 9.70. The molecule has 0 saturated carbocycles. The standard InChI is InChI=1S/C15H15ClN2O2/c1-20-13-7-6-9(8-12(13)16)14-10-4-2-3-5-11(10)15(19)18-17-14/h2-3,6-8,10-11H,4-5H2,1H3,(H,18,19). The van der Waals surface area contributed by atoms with Crippen LogP contribution >= 0.6 is 11.6 Å². The molecule has 1 aliphatic heterocycles. The first-order valence-electron chi connectivity index (χ1n) is 6.57. The number of methoxy groups -OCH3 is 1. The van der Waals surface area contributed by atoms with E-state index in [-0.39, 0.29) is 17.7 Å². The van der Waals surface area contributed by atoms with Gasteiger partial charge < -0.3 is 4.74 Å². The second-order valence-electron chi connectivity index (χ2n) is 4.98. The van der Waals surface area contributed by atoms with Gasteiger partial charge in [-0.2, -0.15) is 5.10 Å². The van der Waals surface area contributed by atoms with Gasteiger partial charge >= 0.3 is 0 Å². The van der Waals surface area contributed by atoms with Crippen LogP contribution in [0.4, 0.5) is 0 Å². The quantitative estimate of drug-likeness (QED) is 0.852. The second-order valence-corrected chi connectivity index (χ2v) is 5.39. The van der Waals surface area contributed by atoms with Crippen molar-refractivity contribution in [3.05, 3.63) is 40.9 Å². The lowest BCUT2D eigenvalue weighted by Crippen LogP contribution is -2.42. The number of nitrogens with one attached hydrogen (secondary N) is 1. The van der Waals surface area contributed by atoms with Gasteiger partial charge in [0.2, 0.25) is 5.91 Å². The van der Waals surface area contributed by atoms with Crippen LogP contribution in [0.1, 0.15) is 18.4 Å². The van der Waals surface area contributed by atoms with Crippen LogP contribution in [0.15, 0.2) is 35.5 Å². The number of carbonyl (C=O) groups is 1. The zero-order valence-electron chi connectivity index (χ0n) is 11.1. The minimum absolute atomic E-state index is 0.00251. The molecule has 1 amide bonds. The fourth-order valence-electron chi connectivity index (χ4n) is 2.79. The van der Waals surface area contributed by atoms with Gasteiger partial charge in [0.05, 0.1) is 23.8 Å². The molecule has 1 aromatic carbocycles. The molecule has 0 radical (unpaired) electrons. The average Bonchev–Trinajstić information content (AvgIpc) is 2.48. The van der Waals surface area contributed by atoms with E-state index in [9.17, 15) is 4.79 Å². The normalized spacial score (nSPS) is 24.7. The number of benzene rings is 1. The Labute approximate surface area is 122 Å². The number of nitrogens with zero attached hydrogens (tertiary/aromatic N) is 1. The van der Waals surface area contributed by atoms with Crippen LogP contribution < -0.4 is 10.2 Å². The Morgan fingerprint density at radius 2 is 2.05 bits per heavy atom. The van der Waals surface area contributed by atoms with Crippen LogP contribution in [0.5, 0.6) is 5.75 Å². The highest BCUT2D eigenvalue weighted by molar-refractivity contribution is 6.32. The van der Waals surface area contributed by atoms with Gasteiger partial charge in [0.25, 0.3) is 0 Å². The number of carbonyl (C=O) groups excluding carboxylic acids is 1. The number of ether oxygens (including phenoxy) is 1. The molecule has 1 N–H and O–H groups in total. The van der Waals surface area contributed by atoms with Gasteiger partial charge in [-0.05, 0) is 36.6 Å². The van der Waals surface area contributed by atoms with Crippen molar-refractivity contribution in [1.82, 2.24) is 5.43 Å². The predicted octanol–water partition coefficient (Wildman–Crippen LogP) is 2.76. The van der Waals surface area contributed by atoms with Crippen molar-refractivity contribution in [2.75, 3.05) is 7.11 Å². The molecule has 0 saturated heterocycles. The number of rotatable bonds is 2. The third kappa shape index (κ3) is 2.20. The summed E-state index contributed by atoms with van der Waals surface area (Å²) in [4.78, 5) is 11.9. The number of hydrogen-bond donors (Lipinski definition) is 1. The van der Waals surface area contributed by atoms with Gasteiger partial charge in [0, 0.05) is 5.92 Å². The first kappa shape index (κ1) is 13.2.